The number of nitrogens with zero attached hydrogens (tertiary/aromatic N) is 2. The average molecular weight is 501 g/mol. The van der Waals surface area contributed by atoms with Gasteiger partial charge in [0.05, 0.1) is 22.3 Å². The number of nitrogens with two attached hydrogens (primary N) is 1. The van der Waals surface area contributed by atoms with Crippen molar-refractivity contribution >= 4 is 45.7 Å². The van der Waals surface area contributed by atoms with Crippen LogP contribution in [-0.2, 0) is 0 Å². The normalized spacial score (nSPS) is 14.0. The van der Waals surface area contributed by atoms with Gasteiger partial charge < -0.3 is 11.1 Å². The molecular weight excluding hydrogens is 469 g/mol. The zero-order valence-electron chi connectivity index (χ0n) is 21.0. The number of fused-ring (bicyclic) bond motifs is 1. The quantitative estimate of drug-likeness (QED) is 0.275. The number of benzene rings is 2. The Kier molecular flexibility index (Phi) is 6.87. The molecule has 9 heteroatoms. The number of aromatic amines is 2. The second-order valence-electron chi connectivity index (χ2n) is 9.30. The van der Waals surface area contributed by atoms with E-state index in [1.54, 1.807) is 12.3 Å². The number of halogens is 1. The number of nitrogens with one attached hydrogen (secondary N) is 4. The fraction of sp³-hybridized carbons (Fsp3) is 0.250. The van der Waals surface area contributed by atoms with Crippen molar-refractivity contribution in [2.75, 3.05) is 30.3 Å². The summed E-state index contributed by atoms with van der Waals surface area (Å²) in [4.78, 5) is 25.5. The van der Waals surface area contributed by atoms with Gasteiger partial charge in [0.1, 0.15) is 5.82 Å². The number of carbonyl (C=O) groups is 1. The number of anilines is 4. The van der Waals surface area contributed by atoms with Crippen LogP contribution in [0.25, 0.3) is 16.6 Å². The van der Waals surface area contributed by atoms with Gasteiger partial charge in [-0.05, 0) is 73.3 Å². The Labute approximate surface area is 214 Å². The van der Waals surface area contributed by atoms with E-state index < -0.39 is 11.7 Å². The van der Waals surface area contributed by atoms with Crippen LogP contribution in [0.3, 0.4) is 0 Å². The van der Waals surface area contributed by atoms with Crippen molar-refractivity contribution < 1.29 is 14.2 Å². The van der Waals surface area contributed by atoms with Crippen molar-refractivity contribution in [1.82, 2.24) is 14.9 Å². The molecule has 2 aromatic carbocycles. The highest BCUT2D eigenvalue weighted by molar-refractivity contribution is 6.00. The summed E-state index contributed by atoms with van der Waals surface area (Å²) in [5, 5.41) is 7.20. The first-order chi connectivity index (χ1) is 17.9. The van der Waals surface area contributed by atoms with Crippen LogP contribution in [0.4, 0.5) is 27.5 Å². The highest BCUT2D eigenvalue weighted by Crippen LogP contribution is 2.29. The predicted molar refractivity (Wildman–Crippen MR) is 145 cm³/mol. The minimum atomic E-state index is -0.853. The Morgan fingerprint density at radius 1 is 1.22 bits per heavy atom. The third kappa shape index (κ3) is 5.17. The summed E-state index contributed by atoms with van der Waals surface area (Å²) >= 11 is 0. The van der Waals surface area contributed by atoms with Crippen molar-refractivity contribution in [2.24, 2.45) is 5.73 Å². The van der Waals surface area contributed by atoms with Crippen LogP contribution in [0.2, 0.25) is 0 Å². The van der Waals surface area contributed by atoms with Crippen LogP contribution in [0.5, 0.6) is 0 Å². The zero-order valence-corrected chi connectivity index (χ0v) is 21.0. The van der Waals surface area contributed by atoms with Crippen LogP contribution in [0.1, 0.15) is 41.3 Å². The topological polar surface area (TPSA) is 113 Å². The maximum Gasteiger partial charge on any atom is 0.351 e. The van der Waals surface area contributed by atoms with Crippen LogP contribution in [0.15, 0.2) is 54.7 Å². The van der Waals surface area contributed by atoms with Gasteiger partial charge in [0.15, 0.2) is 0 Å². The van der Waals surface area contributed by atoms with Crippen molar-refractivity contribution in [3.63, 3.8) is 0 Å². The second-order valence-corrected chi connectivity index (χ2v) is 9.30. The van der Waals surface area contributed by atoms with Gasteiger partial charge in [-0.3, -0.25) is 20.0 Å². The molecule has 0 saturated carbocycles. The van der Waals surface area contributed by atoms with E-state index in [-0.39, 0.29) is 11.3 Å². The largest absolute Gasteiger partial charge is 0.365 e. The van der Waals surface area contributed by atoms with Crippen molar-refractivity contribution in [1.29, 1.82) is 0 Å². The molecule has 1 aliphatic rings. The van der Waals surface area contributed by atoms with E-state index in [0.29, 0.717) is 11.8 Å². The lowest BCUT2D eigenvalue weighted by atomic mass is 9.98. The molecule has 0 bridgehead atoms. The highest BCUT2D eigenvalue weighted by atomic mass is 19.1. The minimum absolute atomic E-state index is 0.212. The maximum absolute atomic E-state index is 14.3. The lowest BCUT2D eigenvalue weighted by molar-refractivity contribution is -0.333. The molecule has 190 valence electrons. The molecule has 0 aliphatic carbocycles. The molecule has 8 nitrogen and oxygen atoms in total. The van der Waals surface area contributed by atoms with Gasteiger partial charge in [-0.1, -0.05) is 30.1 Å². The lowest BCUT2D eigenvalue weighted by Crippen LogP contribution is -2.30. The molecule has 0 atom stereocenters. The minimum Gasteiger partial charge on any atom is -0.365 e. The van der Waals surface area contributed by atoms with Crippen LogP contribution < -0.4 is 21.4 Å². The first-order valence-corrected chi connectivity index (χ1v) is 12.5. The number of H-pyrrole nitrogens is 2. The van der Waals surface area contributed by atoms with E-state index in [2.05, 4.69) is 68.6 Å². The summed E-state index contributed by atoms with van der Waals surface area (Å²) in [6, 6.07) is 12.5. The number of aromatic nitrogens is 3. The Bertz CT molecular complexity index is 1490. The molecule has 0 radical (unpaired) electrons. The van der Waals surface area contributed by atoms with Crippen LogP contribution in [0, 0.1) is 12.7 Å². The fourth-order valence-electron chi connectivity index (χ4n) is 4.80. The third-order valence-electron chi connectivity index (χ3n) is 6.60. The number of rotatable bonds is 8. The first kappa shape index (κ1) is 24.5. The predicted octanol–water partition coefficient (Wildman–Crippen LogP) is 4.91. The Morgan fingerprint density at radius 3 is 2.86 bits per heavy atom. The summed E-state index contributed by atoms with van der Waals surface area (Å²) in [5.41, 5.74) is 10.8. The number of carbonyl (C=O) groups excluding carboxylic acids is 1. The zero-order chi connectivity index (χ0) is 25.9. The van der Waals surface area contributed by atoms with E-state index >= 15 is 0 Å². The molecular formula is C28H31FN7O+. The van der Waals surface area contributed by atoms with Crippen LogP contribution in [-0.4, -0.2) is 40.4 Å². The fourth-order valence-corrected chi connectivity index (χ4v) is 4.80. The van der Waals surface area contributed by atoms with E-state index in [0.717, 1.165) is 54.8 Å². The first-order valence-electron chi connectivity index (χ1n) is 12.5. The summed E-state index contributed by atoms with van der Waals surface area (Å²) in [6.07, 6.45) is 6.34. The van der Waals surface area contributed by atoms with E-state index in [9.17, 15) is 9.18 Å². The van der Waals surface area contributed by atoms with Gasteiger partial charge in [0.25, 0.3) is 5.91 Å². The summed E-state index contributed by atoms with van der Waals surface area (Å²) in [5.74, 6) is -0.613. The molecule has 6 N–H and O–H groups in total. The smallest absolute Gasteiger partial charge is 0.351 e. The van der Waals surface area contributed by atoms with Gasteiger partial charge in [-0.15, -0.1) is 0 Å². The van der Waals surface area contributed by atoms with Gasteiger partial charge in [-0.2, -0.15) is 0 Å². The molecule has 1 amide bonds. The third-order valence-corrected chi connectivity index (χ3v) is 6.60. The van der Waals surface area contributed by atoms with E-state index in [1.165, 1.54) is 23.3 Å². The number of amides is 1. The molecule has 4 aromatic rings. The average Bonchev–Trinajstić information content (AvgIpc) is 3.35. The van der Waals surface area contributed by atoms with Crippen molar-refractivity contribution in [3.8, 4) is 0 Å². The highest BCUT2D eigenvalue weighted by Gasteiger charge is 2.20. The van der Waals surface area contributed by atoms with Crippen LogP contribution >= 0.6 is 0 Å². The monoisotopic (exact) mass is 500 g/mol. The lowest BCUT2D eigenvalue weighted by Gasteiger charge is -2.27. The van der Waals surface area contributed by atoms with E-state index in [4.69, 9.17) is 5.73 Å². The van der Waals surface area contributed by atoms with Gasteiger partial charge >= 0.3 is 5.95 Å². The second kappa shape index (κ2) is 10.4. The van der Waals surface area contributed by atoms with Gasteiger partial charge in [-0.25, -0.2) is 9.37 Å². The number of primary amides is 1. The number of hydrogen-bond acceptors (Lipinski definition) is 5. The molecule has 0 fully saturated rings. The Hall–Kier alpha value is -4.24. The summed E-state index contributed by atoms with van der Waals surface area (Å²) in [7, 11) is 0. The molecule has 3 heterocycles. The number of aryl methyl sites for hydroxylation is 1. The molecule has 0 unspecified atom stereocenters. The molecule has 2 aromatic heterocycles. The molecule has 0 spiro atoms. The summed E-state index contributed by atoms with van der Waals surface area (Å²) in [6.45, 7) is 7.49. The summed E-state index contributed by atoms with van der Waals surface area (Å²) < 4.78 is 14.3. The van der Waals surface area contributed by atoms with Crippen molar-refractivity contribution in [2.45, 2.75) is 26.7 Å². The SMILES string of the molecule is CCCN1CCC=C(c2ccc(Nc3nc(Nc4cccc(F)c4C(N)=O)c4cc[nH]c4[nH+]3)c(C)c2)C1. The maximum atomic E-state index is 14.3. The molecule has 0 saturated heterocycles. The van der Waals surface area contributed by atoms with Gasteiger partial charge in [0, 0.05) is 19.3 Å². The molecule has 37 heavy (non-hydrogen) atoms. The van der Waals surface area contributed by atoms with E-state index in [1.807, 2.05) is 6.07 Å². The Morgan fingerprint density at radius 2 is 2.08 bits per heavy atom. The number of hydrogen-bond donors (Lipinski definition) is 4. The standard InChI is InChI=1S/C28H30FN7O/c1-3-13-36-14-5-6-19(16-36)18-9-10-22(17(2)15-18)33-28-34-26-20(11-12-31-26)27(35-28)32-23-8-4-7-21(29)24(23)25(30)37/h4,6-12,15H,3,5,13-14,16H2,1-2H3,(H2,30,37)(H3,31,32,33,34,35)/p+1. The molecule has 1 aliphatic heterocycles. The van der Waals surface area contributed by atoms with Gasteiger partial charge in [0.2, 0.25) is 11.5 Å². The van der Waals surface area contributed by atoms with Crippen molar-refractivity contribution in [3.05, 3.63) is 77.2 Å². The Balaban J connectivity index is 1.43. The molecule has 5 rings (SSSR count).